The van der Waals surface area contributed by atoms with Crippen molar-refractivity contribution in [3.63, 3.8) is 0 Å². The fourth-order valence-electron chi connectivity index (χ4n) is 0.713. The Morgan fingerprint density at radius 3 is 2.53 bits per heavy atom. The van der Waals surface area contributed by atoms with E-state index in [1.165, 1.54) is 18.7 Å². The predicted molar refractivity (Wildman–Crippen MR) is 56.4 cm³/mol. The number of amides is 2. The van der Waals surface area contributed by atoms with Crippen molar-refractivity contribution in [1.82, 2.24) is 5.32 Å². The fraction of sp³-hybridized carbons (Fsp3) is 0.625. The van der Waals surface area contributed by atoms with Crippen LogP contribution in [-0.4, -0.2) is 40.4 Å². The van der Waals surface area contributed by atoms with E-state index in [-0.39, 0.29) is 18.1 Å². The lowest BCUT2D eigenvalue weighted by molar-refractivity contribution is -0.141. The van der Waals surface area contributed by atoms with E-state index in [1.807, 2.05) is 0 Å². The van der Waals surface area contributed by atoms with Crippen LogP contribution in [0.15, 0.2) is 0 Å². The van der Waals surface area contributed by atoms with Gasteiger partial charge in [0.15, 0.2) is 0 Å². The second-order valence-corrected chi connectivity index (χ2v) is 4.00. The van der Waals surface area contributed by atoms with Gasteiger partial charge in [-0.1, -0.05) is 0 Å². The van der Waals surface area contributed by atoms with Gasteiger partial charge in [0.1, 0.15) is 6.04 Å². The normalized spacial score (nSPS) is 11.8. The van der Waals surface area contributed by atoms with Crippen molar-refractivity contribution >= 4 is 29.5 Å². The summed E-state index contributed by atoms with van der Waals surface area (Å²) in [5, 5.41) is 10.8. The highest BCUT2D eigenvalue weighted by molar-refractivity contribution is 7.99. The first-order valence-corrected chi connectivity index (χ1v) is 5.47. The Labute approximate surface area is 91.6 Å². The highest BCUT2D eigenvalue weighted by atomic mass is 32.2. The maximum absolute atomic E-state index is 11.1. The second kappa shape index (κ2) is 7.10. The molecule has 0 spiro atoms. The van der Waals surface area contributed by atoms with Crippen molar-refractivity contribution in [2.24, 2.45) is 5.73 Å². The molecule has 0 bridgehead atoms. The number of hydrogen-bond acceptors (Lipinski definition) is 4. The molecule has 0 aromatic carbocycles. The predicted octanol–water partition coefficient (Wildman–Crippen LogP) is -0.816. The van der Waals surface area contributed by atoms with Crippen molar-refractivity contribution < 1.29 is 19.5 Å². The zero-order chi connectivity index (χ0) is 11.8. The zero-order valence-corrected chi connectivity index (χ0v) is 9.17. The number of nitrogens with one attached hydrogen (secondary N) is 1. The van der Waals surface area contributed by atoms with Crippen LogP contribution in [0, 0.1) is 0 Å². The number of aliphatic carboxylic acids is 1. The summed E-state index contributed by atoms with van der Waals surface area (Å²) in [6, 6.07) is -0.890. The zero-order valence-electron chi connectivity index (χ0n) is 8.36. The average Bonchev–Trinajstić information content (AvgIpc) is 2.12. The van der Waals surface area contributed by atoms with E-state index >= 15 is 0 Å². The number of carbonyl (C=O) groups excluding carboxylic acids is 2. The Balaban J connectivity index is 3.58. The Morgan fingerprint density at radius 2 is 2.07 bits per heavy atom. The summed E-state index contributed by atoms with van der Waals surface area (Å²) >= 11 is 1.24. The molecule has 4 N–H and O–H groups in total. The number of primary amides is 1. The summed E-state index contributed by atoms with van der Waals surface area (Å²) in [5.74, 6) is -1.24. The molecule has 0 heterocycles. The van der Waals surface area contributed by atoms with Crippen molar-refractivity contribution in [3.05, 3.63) is 0 Å². The van der Waals surface area contributed by atoms with Crippen LogP contribution in [0.25, 0.3) is 0 Å². The van der Waals surface area contributed by atoms with E-state index in [1.54, 1.807) is 0 Å². The molecule has 1 atom stereocenters. The van der Waals surface area contributed by atoms with Gasteiger partial charge in [-0.3, -0.25) is 14.4 Å². The third kappa shape index (κ3) is 7.80. The van der Waals surface area contributed by atoms with Crippen LogP contribution in [0.5, 0.6) is 0 Å². The van der Waals surface area contributed by atoms with Crippen molar-refractivity contribution in [2.75, 3.05) is 11.5 Å². The van der Waals surface area contributed by atoms with Crippen LogP contribution >= 0.6 is 11.8 Å². The molecule has 0 aliphatic heterocycles. The lowest BCUT2D eigenvalue weighted by Crippen LogP contribution is -2.38. The number of carbonyl (C=O) groups is 3. The van der Waals surface area contributed by atoms with Gasteiger partial charge in [-0.15, -0.1) is 0 Å². The topological polar surface area (TPSA) is 109 Å². The SMILES string of the molecule is C[C@H](NC(=O)CCSCC(N)=O)C(=O)O. The van der Waals surface area contributed by atoms with Gasteiger partial charge in [0.05, 0.1) is 5.75 Å². The maximum Gasteiger partial charge on any atom is 0.325 e. The molecule has 86 valence electrons. The lowest BCUT2D eigenvalue weighted by Gasteiger charge is -2.08. The molecular weight excluding hydrogens is 220 g/mol. The number of carboxylic acids is 1. The Bertz CT molecular complexity index is 257. The molecular formula is C8H14N2O4S. The van der Waals surface area contributed by atoms with Gasteiger partial charge in [-0.2, -0.15) is 11.8 Å². The Kier molecular flexibility index (Phi) is 6.52. The summed E-state index contributed by atoms with van der Waals surface area (Å²) < 4.78 is 0. The molecule has 0 saturated carbocycles. The molecule has 6 nitrogen and oxygen atoms in total. The fourth-order valence-corrected chi connectivity index (χ4v) is 1.39. The first kappa shape index (κ1) is 13.8. The molecule has 0 aliphatic carbocycles. The minimum absolute atomic E-state index is 0.168. The van der Waals surface area contributed by atoms with E-state index in [0.717, 1.165) is 0 Å². The summed E-state index contributed by atoms with van der Waals surface area (Å²) in [6.07, 6.45) is 0.176. The molecule has 0 rings (SSSR count). The minimum atomic E-state index is -1.08. The van der Waals surface area contributed by atoms with Gasteiger partial charge < -0.3 is 16.2 Å². The molecule has 0 radical (unpaired) electrons. The van der Waals surface area contributed by atoms with Gasteiger partial charge in [0, 0.05) is 12.2 Å². The minimum Gasteiger partial charge on any atom is -0.480 e. The first-order valence-electron chi connectivity index (χ1n) is 4.31. The third-order valence-electron chi connectivity index (χ3n) is 1.47. The van der Waals surface area contributed by atoms with Crippen LogP contribution in [0.2, 0.25) is 0 Å². The number of carboxylic acid groups (broad SMARTS) is 1. The van der Waals surface area contributed by atoms with Crippen LogP contribution < -0.4 is 11.1 Å². The highest BCUT2D eigenvalue weighted by Gasteiger charge is 2.13. The molecule has 2 amide bonds. The number of thioether (sulfide) groups is 1. The van der Waals surface area contributed by atoms with Crippen LogP contribution in [0.1, 0.15) is 13.3 Å². The number of hydrogen-bond donors (Lipinski definition) is 3. The molecule has 7 heteroatoms. The molecule has 0 saturated heterocycles. The van der Waals surface area contributed by atoms with E-state index in [0.29, 0.717) is 5.75 Å². The maximum atomic E-state index is 11.1. The van der Waals surface area contributed by atoms with Crippen LogP contribution in [0.4, 0.5) is 0 Å². The van der Waals surface area contributed by atoms with Gasteiger partial charge in [-0.05, 0) is 6.92 Å². The van der Waals surface area contributed by atoms with E-state index in [2.05, 4.69) is 5.32 Å². The lowest BCUT2D eigenvalue weighted by atomic mass is 10.3. The van der Waals surface area contributed by atoms with Gasteiger partial charge in [0.25, 0.3) is 0 Å². The largest absolute Gasteiger partial charge is 0.480 e. The molecule has 0 aromatic heterocycles. The molecule has 0 aromatic rings. The third-order valence-corrected chi connectivity index (χ3v) is 2.45. The van der Waals surface area contributed by atoms with Crippen molar-refractivity contribution in [1.29, 1.82) is 0 Å². The molecule has 15 heavy (non-hydrogen) atoms. The highest BCUT2D eigenvalue weighted by Crippen LogP contribution is 2.01. The quantitative estimate of drug-likeness (QED) is 0.499. The number of rotatable bonds is 7. The Hall–Kier alpha value is -1.24. The van der Waals surface area contributed by atoms with Crippen LogP contribution in [-0.2, 0) is 14.4 Å². The molecule has 0 fully saturated rings. The summed E-state index contributed by atoms with van der Waals surface area (Å²) in [7, 11) is 0. The second-order valence-electron chi connectivity index (χ2n) is 2.90. The van der Waals surface area contributed by atoms with Crippen LogP contribution in [0.3, 0.4) is 0 Å². The van der Waals surface area contributed by atoms with Crippen molar-refractivity contribution in [3.8, 4) is 0 Å². The first-order chi connectivity index (χ1) is 6.93. The summed E-state index contributed by atoms with van der Waals surface area (Å²) in [6.45, 7) is 1.39. The summed E-state index contributed by atoms with van der Waals surface area (Å²) in [5.41, 5.74) is 4.89. The van der Waals surface area contributed by atoms with E-state index in [9.17, 15) is 14.4 Å². The van der Waals surface area contributed by atoms with Gasteiger partial charge in [-0.25, -0.2) is 0 Å². The van der Waals surface area contributed by atoms with Gasteiger partial charge >= 0.3 is 5.97 Å². The monoisotopic (exact) mass is 234 g/mol. The average molecular weight is 234 g/mol. The molecule has 0 unspecified atom stereocenters. The summed E-state index contributed by atoms with van der Waals surface area (Å²) in [4.78, 5) is 31.8. The van der Waals surface area contributed by atoms with Crippen molar-refractivity contribution in [2.45, 2.75) is 19.4 Å². The standard InChI is InChI=1S/C8H14N2O4S/c1-5(8(13)14)10-7(12)2-3-15-4-6(9)11/h5H,2-4H2,1H3,(H2,9,11)(H,10,12)(H,13,14)/t5-/m0/s1. The molecule has 0 aliphatic rings. The van der Waals surface area contributed by atoms with E-state index < -0.39 is 17.9 Å². The number of nitrogens with two attached hydrogens (primary N) is 1. The van der Waals surface area contributed by atoms with E-state index in [4.69, 9.17) is 10.8 Å². The smallest absolute Gasteiger partial charge is 0.325 e. The van der Waals surface area contributed by atoms with Gasteiger partial charge in [0.2, 0.25) is 11.8 Å². The Morgan fingerprint density at radius 1 is 1.47 bits per heavy atom.